The third-order valence-corrected chi connectivity index (χ3v) is 3.81. The topological polar surface area (TPSA) is 39.1 Å². The van der Waals surface area contributed by atoms with Crippen molar-refractivity contribution in [2.24, 2.45) is 0 Å². The molecule has 0 saturated heterocycles. The molecule has 1 unspecified atom stereocenters. The molecular formula is C17H17N3. The first-order chi connectivity index (χ1) is 9.79. The Hall–Kier alpha value is -2.47. The number of nitrogens with zero attached hydrogens (tertiary/aromatic N) is 2. The monoisotopic (exact) mass is 263 g/mol. The van der Waals surface area contributed by atoms with E-state index in [2.05, 4.69) is 41.4 Å². The van der Waals surface area contributed by atoms with Gasteiger partial charge in [0.15, 0.2) is 0 Å². The fraction of sp³-hybridized carbons (Fsp3) is 0.235. The van der Waals surface area contributed by atoms with Crippen molar-refractivity contribution >= 4 is 11.4 Å². The van der Waals surface area contributed by atoms with Crippen LogP contribution in [0.2, 0.25) is 0 Å². The minimum atomic E-state index is 0.400. The lowest BCUT2D eigenvalue weighted by molar-refractivity contribution is 0.641. The second kappa shape index (κ2) is 5.26. The normalized spacial score (nSPS) is 17.0. The molecule has 0 fully saturated rings. The Labute approximate surface area is 119 Å². The zero-order valence-electron chi connectivity index (χ0n) is 11.5. The summed E-state index contributed by atoms with van der Waals surface area (Å²) in [5, 5.41) is 12.7. The molecule has 0 amide bonds. The Morgan fingerprint density at radius 1 is 1.20 bits per heavy atom. The lowest BCUT2D eigenvalue weighted by atomic mass is 10.0. The lowest BCUT2D eigenvalue weighted by Gasteiger charge is -2.38. The van der Waals surface area contributed by atoms with Crippen molar-refractivity contribution in [1.82, 2.24) is 0 Å². The highest BCUT2D eigenvalue weighted by molar-refractivity contribution is 5.72. The summed E-state index contributed by atoms with van der Waals surface area (Å²) in [6.45, 7) is 3.90. The van der Waals surface area contributed by atoms with Crippen LogP contribution in [0.15, 0.2) is 48.5 Å². The lowest BCUT2D eigenvalue weighted by Crippen LogP contribution is -2.41. The van der Waals surface area contributed by atoms with Crippen LogP contribution >= 0.6 is 0 Å². The second-order valence-electron chi connectivity index (χ2n) is 5.14. The first-order valence-corrected chi connectivity index (χ1v) is 6.87. The molecule has 3 heteroatoms. The maximum atomic E-state index is 9.23. The molecule has 1 atom stereocenters. The Balaban J connectivity index is 1.96. The molecule has 0 saturated carbocycles. The Kier molecular flexibility index (Phi) is 3.30. The van der Waals surface area contributed by atoms with Crippen LogP contribution in [-0.2, 0) is 6.54 Å². The van der Waals surface area contributed by atoms with Crippen LogP contribution in [0, 0.1) is 11.3 Å². The highest BCUT2D eigenvalue weighted by Crippen LogP contribution is 2.32. The molecule has 0 radical (unpaired) electrons. The number of rotatable bonds is 2. The highest BCUT2D eigenvalue weighted by atomic mass is 15.2. The largest absolute Gasteiger partial charge is 0.381 e. The van der Waals surface area contributed by atoms with Crippen LogP contribution in [0.25, 0.3) is 0 Å². The molecule has 1 aliphatic heterocycles. The number of nitrogens with one attached hydrogen (secondary N) is 1. The van der Waals surface area contributed by atoms with Gasteiger partial charge >= 0.3 is 0 Å². The van der Waals surface area contributed by atoms with E-state index < -0.39 is 0 Å². The maximum Gasteiger partial charge on any atom is 0.0995 e. The van der Waals surface area contributed by atoms with Crippen molar-refractivity contribution in [3.05, 3.63) is 59.7 Å². The van der Waals surface area contributed by atoms with E-state index in [1.165, 1.54) is 11.4 Å². The van der Waals surface area contributed by atoms with Crippen molar-refractivity contribution in [2.75, 3.05) is 16.8 Å². The van der Waals surface area contributed by atoms with Crippen LogP contribution in [0.5, 0.6) is 0 Å². The first-order valence-electron chi connectivity index (χ1n) is 6.87. The van der Waals surface area contributed by atoms with Crippen molar-refractivity contribution < 1.29 is 0 Å². The molecule has 0 spiro atoms. The first kappa shape index (κ1) is 12.6. The number of para-hydroxylation sites is 2. The quantitative estimate of drug-likeness (QED) is 0.902. The highest BCUT2D eigenvalue weighted by Gasteiger charge is 2.22. The fourth-order valence-electron chi connectivity index (χ4n) is 2.67. The molecule has 0 bridgehead atoms. The van der Waals surface area contributed by atoms with E-state index in [4.69, 9.17) is 0 Å². The molecule has 100 valence electrons. The van der Waals surface area contributed by atoms with Gasteiger partial charge in [-0.25, -0.2) is 0 Å². The molecular weight excluding hydrogens is 246 g/mol. The van der Waals surface area contributed by atoms with Gasteiger partial charge in [-0.1, -0.05) is 30.3 Å². The van der Waals surface area contributed by atoms with Gasteiger partial charge in [0.05, 0.1) is 23.0 Å². The third kappa shape index (κ3) is 2.21. The number of hydrogen-bond acceptors (Lipinski definition) is 3. The van der Waals surface area contributed by atoms with Gasteiger partial charge in [0.1, 0.15) is 0 Å². The van der Waals surface area contributed by atoms with Crippen molar-refractivity contribution in [3.8, 4) is 6.07 Å². The molecule has 3 rings (SSSR count). The minimum absolute atomic E-state index is 0.400. The van der Waals surface area contributed by atoms with E-state index in [1.807, 2.05) is 30.3 Å². The average molecular weight is 263 g/mol. The van der Waals surface area contributed by atoms with E-state index in [-0.39, 0.29) is 0 Å². The molecule has 1 heterocycles. The van der Waals surface area contributed by atoms with Gasteiger partial charge in [-0.15, -0.1) is 0 Å². The molecule has 2 aromatic rings. The van der Waals surface area contributed by atoms with Crippen molar-refractivity contribution in [2.45, 2.75) is 19.5 Å². The second-order valence-corrected chi connectivity index (χ2v) is 5.14. The van der Waals surface area contributed by atoms with Gasteiger partial charge in [-0.05, 0) is 30.7 Å². The summed E-state index contributed by atoms with van der Waals surface area (Å²) in [5.74, 6) is 0. The zero-order valence-corrected chi connectivity index (χ0v) is 11.5. The predicted octanol–water partition coefficient (Wildman–Crippen LogP) is 3.38. The van der Waals surface area contributed by atoms with Crippen LogP contribution < -0.4 is 10.2 Å². The Morgan fingerprint density at radius 3 is 2.80 bits per heavy atom. The number of fused-ring (bicyclic) bond motifs is 1. The van der Waals surface area contributed by atoms with Crippen LogP contribution in [-0.4, -0.2) is 12.6 Å². The van der Waals surface area contributed by atoms with E-state index in [1.54, 1.807) is 0 Å². The Morgan fingerprint density at radius 2 is 1.95 bits per heavy atom. The fourth-order valence-corrected chi connectivity index (χ4v) is 2.67. The molecule has 1 N–H and O–H groups in total. The summed E-state index contributed by atoms with van der Waals surface area (Å²) in [6, 6.07) is 18.8. The molecule has 0 aromatic heterocycles. The summed E-state index contributed by atoms with van der Waals surface area (Å²) < 4.78 is 0. The van der Waals surface area contributed by atoms with Crippen LogP contribution in [0.4, 0.5) is 11.4 Å². The van der Waals surface area contributed by atoms with Crippen molar-refractivity contribution in [3.63, 3.8) is 0 Å². The van der Waals surface area contributed by atoms with Crippen LogP contribution in [0.1, 0.15) is 18.1 Å². The summed E-state index contributed by atoms with van der Waals surface area (Å²) in [6.07, 6.45) is 0. The van der Waals surface area contributed by atoms with Gasteiger partial charge in [-0.3, -0.25) is 0 Å². The molecule has 3 nitrogen and oxygen atoms in total. The molecule has 20 heavy (non-hydrogen) atoms. The number of anilines is 2. The predicted molar refractivity (Wildman–Crippen MR) is 81.7 cm³/mol. The number of hydrogen-bond donors (Lipinski definition) is 1. The number of benzene rings is 2. The number of nitriles is 1. The summed E-state index contributed by atoms with van der Waals surface area (Å²) in [5.41, 5.74) is 4.22. The smallest absolute Gasteiger partial charge is 0.0995 e. The molecule has 0 aliphatic carbocycles. The standard InChI is InChI=1S/C17H17N3/c1-13-11-19-16-8-4-5-9-17(16)20(13)12-15-7-3-2-6-14(15)10-18/h2-9,13,19H,11-12H2,1H3. The van der Waals surface area contributed by atoms with Gasteiger partial charge in [0, 0.05) is 19.1 Å². The Bertz CT molecular complexity index is 657. The van der Waals surface area contributed by atoms with Gasteiger partial charge in [0.25, 0.3) is 0 Å². The van der Waals surface area contributed by atoms with Crippen LogP contribution in [0.3, 0.4) is 0 Å². The van der Waals surface area contributed by atoms with Gasteiger partial charge in [-0.2, -0.15) is 5.26 Å². The zero-order chi connectivity index (χ0) is 13.9. The van der Waals surface area contributed by atoms with E-state index in [0.29, 0.717) is 6.04 Å². The third-order valence-electron chi connectivity index (χ3n) is 3.81. The maximum absolute atomic E-state index is 9.23. The van der Waals surface area contributed by atoms with E-state index in [0.717, 1.165) is 24.2 Å². The molecule has 2 aromatic carbocycles. The minimum Gasteiger partial charge on any atom is -0.381 e. The summed E-state index contributed by atoms with van der Waals surface area (Å²) >= 11 is 0. The molecule has 1 aliphatic rings. The van der Waals surface area contributed by atoms with Gasteiger partial charge < -0.3 is 10.2 Å². The van der Waals surface area contributed by atoms with Crippen molar-refractivity contribution in [1.29, 1.82) is 5.26 Å². The average Bonchev–Trinajstić information content (AvgIpc) is 2.50. The summed E-state index contributed by atoms with van der Waals surface area (Å²) in [4.78, 5) is 2.36. The SMILES string of the molecule is CC1CNc2ccccc2N1Cc1ccccc1C#N. The van der Waals surface area contributed by atoms with Gasteiger partial charge in [0.2, 0.25) is 0 Å². The summed E-state index contributed by atoms with van der Waals surface area (Å²) in [7, 11) is 0. The van der Waals surface area contributed by atoms with E-state index >= 15 is 0 Å². The van der Waals surface area contributed by atoms with E-state index in [9.17, 15) is 5.26 Å².